The van der Waals surface area contributed by atoms with E-state index in [2.05, 4.69) is 0 Å². The van der Waals surface area contributed by atoms with E-state index in [1.54, 1.807) is 13.8 Å². The van der Waals surface area contributed by atoms with E-state index >= 15 is 0 Å². The molecule has 0 bridgehead atoms. The minimum Gasteiger partial charge on any atom is -0.0622 e. The minimum absolute atomic E-state index is 0.122. The maximum absolute atomic E-state index is 8.87. The quantitative estimate of drug-likeness (QED) is 0.368. The van der Waals surface area contributed by atoms with Crippen LogP contribution >= 0.6 is 0 Å². The topological polar surface area (TPSA) is 0 Å². The second-order valence-corrected chi connectivity index (χ2v) is 5.77. The van der Waals surface area contributed by atoms with Gasteiger partial charge in [-0.25, -0.2) is 0 Å². The monoisotopic (exact) mass is 336 g/mol. The summed E-state index contributed by atoms with van der Waals surface area (Å²) in [6.07, 6.45) is 0. The molecule has 0 N–H and O–H groups in total. The van der Waals surface area contributed by atoms with Gasteiger partial charge in [-0.15, -0.1) is 0 Å². The number of hydrogen-bond acceptors (Lipinski definition) is 0. The highest BCUT2D eigenvalue weighted by atomic mass is 14.2. The van der Waals surface area contributed by atoms with Crippen molar-refractivity contribution in [2.24, 2.45) is 0 Å². The first-order valence-corrected chi connectivity index (χ1v) is 7.77. The summed E-state index contributed by atoms with van der Waals surface area (Å²) in [6, 6.07) is -7.09. The molecule has 0 saturated heterocycles. The van der Waals surface area contributed by atoms with Gasteiger partial charge in [-0.05, 0) is 44.5 Å². The van der Waals surface area contributed by atoms with Crippen LogP contribution in [0.3, 0.4) is 0 Å². The average molecular weight is 337 g/mol. The molecule has 4 rings (SSSR count). The Kier molecular flexibility index (Phi) is 1.70. The molecule has 25 heavy (non-hydrogen) atoms. The van der Waals surface area contributed by atoms with E-state index in [1.807, 2.05) is 0 Å². The molecule has 0 aliphatic heterocycles. The minimum atomic E-state index is -0.688. The zero-order valence-electron chi connectivity index (χ0n) is 27.7. The van der Waals surface area contributed by atoms with E-state index in [4.69, 9.17) is 19.2 Å². The maximum Gasteiger partial charge on any atom is 0.0630 e. The lowest BCUT2D eigenvalue weighted by atomic mass is 9.89. The summed E-state index contributed by atoms with van der Waals surface area (Å²) in [5.41, 5.74) is -1.26. The molecule has 0 spiro atoms. The van der Waals surface area contributed by atoms with Crippen molar-refractivity contribution in [1.82, 2.24) is 0 Å². The molecule has 0 nitrogen and oxygen atoms in total. The lowest BCUT2D eigenvalue weighted by molar-refractivity contribution is 0.867. The molecular weight excluding hydrogens is 300 g/mol. The fourth-order valence-corrected chi connectivity index (χ4v) is 2.51. The van der Waals surface area contributed by atoms with Gasteiger partial charge in [-0.2, -0.15) is 0 Å². The van der Waals surface area contributed by atoms with Gasteiger partial charge in [-0.3, -0.25) is 0 Å². The van der Waals surface area contributed by atoms with Crippen LogP contribution in [0.4, 0.5) is 0 Å². The average Bonchev–Trinajstić information content (AvgIpc) is 2.88. The SMILES string of the molecule is [2H]c1cc(-c2c(-c3c([2H])c([2H])c(C(C)C)c([2H])c3[2H])c([2H])c([2H])c3c([2H])c([2H])c([2H])c([2H])c23)c([2H])c([2H])c1[2H]. The third-order valence-electron chi connectivity index (χ3n) is 3.79. The first kappa shape index (κ1) is 6.46. The van der Waals surface area contributed by atoms with Crippen molar-refractivity contribution < 1.29 is 19.2 Å². The smallest absolute Gasteiger partial charge is 0.0622 e. The van der Waals surface area contributed by atoms with Gasteiger partial charge in [0.2, 0.25) is 0 Å². The molecule has 0 aromatic heterocycles. The van der Waals surface area contributed by atoms with Crippen LogP contribution in [0.2, 0.25) is 0 Å². The highest BCUT2D eigenvalue weighted by Crippen LogP contribution is 2.38. The lowest BCUT2D eigenvalue weighted by Gasteiger charge is -2.15. The van der Waals surface area contributed by atoms with Gasteiger partial charge in [0.1, 0.15) is 0 Å². The van der Waals surface area contributed by atoms with Crippen molar-refractivity contribution >= 4 is 10.8 Å². The van der Waals surface area contributed by atoms with Crippen molar-refractivity contribution in [2.75, 3.05) is 0 Å². The number of benzene rings is 4. The Morgan fingerprint density at radius 3 is 2.24 bits per heavy atom. The highest BCUT2D eigenvalue weighted by molar-refractivity contribution is 6.04. The fraction of sp³-hybridized carbons (Fsp3) is 0.120. The summed E-state index contributed by atoms with van der Waals surface area (Å²) in [4.78, 5) is 0. The number of rotatable bonds is 3. The summed E-state index contributed by atoms with van der Waals surface area (Å²) in [5, 5.41) is -0.696. The van der Waals surface area contributed by atoms with Crippen LogP contribution in [0.5, 0.6) is 0 Å². The molecule has 0 fully saturated rings. The molecule has 0 unspecified atom stereocenters. The first-order valence-electron chi connectivity index (χ1n) is 14.8. The van der Waals surface area contributed by atoms with Crippen LogP contribution in [-0.4, -0.2) is 0 Å². The summed E-state index contributed by atoms with van der Waals surface area (Å²) in [7, 11) is 0. The van der Waals surface area contributed by atoms with Crippen LogP contribution in [0.15, 0.2) is 90.7 Å². The van der Waals surface area contributed by atoms with Crippen LogP contribution in [-0.2, 0) is 0 Å². The zero-order valence-corrected chi connectivity index (χ0v) is 13.7. The molecule has 0 aliphatic rings. The third-order valence-corrected chi connectivity index (χ3v) is 3.79. The van der Waals surface area contributed by atoms with E-state index in [-0.39, 0.29) is 39.5 Å². The Morgan fingerprint density at radius 1 is 0.680 bits per heavy atom. The van der Waals surface area contributed by atoms with Gasteiger partial charge in [0.05, 0.1) is 19.2 Å². The van der Waals surface area contributed by atoms with Crippen LogP contribution in [0.25, 0.3) is 33.0 Å². The number of fused-ring (bicyclic) bond motifs is 1. The zero-order chi connectivity index (χ0) is 29.4. The van der Waals surface area contributed by atoms with Crippen molar-refractivity contribution in [3.8, 4) is 22.3 Å². The fourth-order valence-electron chi connectivity index (χ4n) is 2.51. The van der Waals surface area contributed by atoms with Gasteiger partial charge in [-0.1, -0.05) is 105 Å². The van der Waals surface area contributed by atoms with E-state index < -0.39 is 89.6 Å². The maximum atomic E-state index is 8.87. The normalized spacial score (nSPS) is 19.0. The van der Waals surface area contributed by atoms with Crippen LogP contribution < -0.4 is 0 Å². The van der Waals surface area contributed by atoms with Gasteiger partial charge in [0.25, 0.3) is 0 Å². The molecule has 0 atom stereocenters. The van der Waals surface area contributed by atoms with Gasteiger partial charge >= 0.3 is 0 Å². The van der Waals surface area contributed by atoms with E-state index in [1.165, 1.54) is 0 Å². The molecule has 0 radical (unpaired) electrons. The van der Waals surface area contributed by atoms with E-state index in [9.17, 15) is 0 Å². The Labute approximate surface area is 169 Å². The molecular formula is C25H22. The Balaban J connectivity index is 2.44. The molecule has 4 aromatic carbocycles. The Morgan fingerprint density at radius 2 is 1.44 bits per heavy atom. The molecule has 122 valence electrons. The molecule has 4 aromatic rings. The summed E-state index contributed by atoms with van der Waals surface area (Å²) >= 11 is 0. The van der Waals surface area contributed by atoms with E-state index in [0.717, 1.165) is 6.07 Å². The molecule has 0 heteroatoms. The van der Waals surface area contributed by atoms with Gasteiger partial charge in [0.15, 0.2) is 0 Å². The Hall–Kier alpha value is -2.86. The first-order chi connectivity index (χ1) is 18.1. The second-order valence-electron chi connectivity index (χ2n) is 5.77. The van der Waals surface area contributed by atoms with Crippen molar-refractivity contribution in [3.05, 3.63) is 96.2 Å². The Bertz CT molecular complexity index is 1690. The standard InChI is InChI=1S/C25H22/c1-18(2)19-12-14-21(15-13-19)24-17-16-20-8-6-7-11-23(20)25(24)22-9-4-3-5-10-22/h3-18H,1-2H3/i3D,4D,5D,6D,7D,8D,9D,11D,12D,13D,14D,15D,16D,17D. The predicted octanol–water partition coefficient (Wildman–Crippen LogP) is 7.30. The lowest BCUT2D eigenvalue weighted by Crippen LogP contribution is -1.90. The molecule has 0 saturated carbocycles. The van der Waals surface area contributed by atoms with Crippen LogP contribution in [0, 0.1) is 0 Å². The summed E-state index contributed by atoms with van der Waals surface area (Å²) < 4.78 is 118. The predicted molar refractivity (Wildman–Crippen MR) is 109 cm³/mol. The summed E-state index contributed by atoms with van der Waals surface area (Å²) in [5.74, 6) is -0.390. The second kappa shape index (κ2) is 6.57. The molecule has 0 heterocycles. The third kappa shape index (κ3) is 2.96. The van der Waals surface area contributed by atoms with E-state index in [0.29, 0.717) is 0 Å². The summed E-state index contributed by atoms with van der Waals surface area (Å²) in [6.45, 7) is 3.39. The van der Waals surface area contributed by atoms with Crippen LogP contribution in [0.1, 0.15) is 44.5 Å². The van der Waals surface area contributed by atoms with Crippen molar-refractivity contribution in [1.29, 1.82) is 0 Å². The highest BCUT2D eigenvalue weighted by Gasteiger charge is 2.11. The van der Waals surface area contributed by atoms with Gasteiger partial charge in [0, 0.05) is 0 Å². The van der Waals surface area contributed by atoms with Gasteiger partial charge < -0.3 is 0 Å². The van der Waals surface area contributed by atoms with Crippen molar-refractivity contribution in [3.63, 3.8) is 0 Å². The van der Waals surface area contributed by atoms with Crippen molar-refractivity contribution in [2.45, 2.75) is 19.8 Å². The largest absolute Gasteiger partial charge is 0.0630 e. The molecule has 0 amide bonds. The molecule has 0 aliphatic carbocycles. The number of hydrogen-bond donors (Lipinski definition) is 0.